The first-order chi connectivity index (χ1) is 16.1. The molecule has 0 saturated carbocycles. The molecule has 1 amide bonds. The van der Waals surface area contributed by atoms with E-state index in [2.05, 4.69) is 23.5 Å². The van der Waals surface area contributed by atoms with Gasteiger partial charge in [-0.05, 0) is 61.6 Å². The summed E-state index contributed by atoms with van der Waals surface area (Å²) in [5, 5.41) is 4.27. The molecule has 0 saturated heterocycles. The van der Waals surface area contributed by atoms with E-state index in [0.29, 0.717) is 16.1 Å². The van der Waals surface area contributed by atoms with E-state index >= 15 is 0 Å². The number of nitrogens with one attached hydrogen (secondary N) is 1. The molecule has 3 aromatic carbocycles. The SMILES string of the molecule is Cc1ccc(-n2c(SCC(=O)NC3CCCc4ccccc43)nc3ccccc3c2=O)cc1. The van der Waals surface area contributed by atoms with Crippen molar-refractivity contribution in [1.82, 2.24) is 14.9 Å². The number of para-hydroxylation sites is 1. The lowest BCUT2D eigenvalue weighted by Gasteiger charge is -2.26. The number of carbonyl (C=O) groups excluding carboxylic acids is 1. The van der Waals surface area contributed by atoms with E-state index in [1.54, 1.807) is 10.6 Å². The van der Waals surface area contributed by atoms with Crippen molar-refractivity contribution in [1.29, 1.82) is 0 Å². The van der Waals surface area contributed by atoms with E-state index in [1.165, 1.54) is 22.9 Å². The highest BCUT2D eigenvalue weighted by Crippen LogP contribution is 2.30. The van der Waals surface area contributed by atoms with Gasteiger partial charge in [-0.1, -0.05) is 65.9 Å². The largest absolute Gasteiger partial charge is 0.349 e. The topological polar surface area (TPSA) is 64.0 Å². The molecule has 0 bridgehead atoms. The molecule has 0 aliphatic heterocycles. The van der Waals surface area contributed by atoms with Gasteiger partial charge in [-0.2, -0.15) is 0 Å². The van der Waals surface area contributed by atoms with Gasteiger partial charge in [0.05, 0.1) is 28.4 Å². The van der Waals surface area contributed by atoms with Gasteiger partial charge in [-0.25, -0.2) is 4.98 Å². The molecule has 0 spiro atoms. The Hall–Kier alpha value is -3.38. The van der Waals surface area contributed by atoms with Crippen molar-refractivity contribution < 1.29 is 4.79 Å². The monoisotopic (exact) mass is 455 g/mol. The second-order valence-corrected chi connectivity index (χ2v) is 9.33. The molecular formula is C27H25N3O2S. The highest BCUT2D eigenvalue weighted by atomic mass is 32.2. The highest BCUT2D eigenvalue weighted by molar-refractivity contribution is 7.99. The van der Waals surface area contributed by atoms with Gasteiger partial charge in [-0.15, -0.1) is 0 Å². The van der Waals surface area contributed by atoms with Crippen LogP contribution in [0, 0.1) is 6.92 Å². The normalized spacial score (nSPS) is 15.2. The summed E-state index contributed by atoms with van der Waals surface area (Å²) in [6, 6.07) is 23.5. The zero-order chi connectivity index (χ0) is 22.8. The van der Waals surface area contributed by atoms with E-state index in [4.69, 9.17) is 4.98 Å². The molecule has 1 aromatic heterocycles. The standard InChI is InChI=1S/C27H25N3O2S/c1-18-13-15-20(16-14-18)30-26(32)22-10-4-5-11-24(22)29-27(30)33-17-25(31)28-23-12-6-8-19-7-2-3-9-21(19)23/h2-5,7,9-11,13-16,23H,6,8,12,17H2,1H3,(H,28,31). The Morgan fingerprint density at radius 3 is 2.67 bits per heavy atom. The molecule has 4 aromatic rings. The first kappa shape index (κ1) is 21.5. The maximum absolute atomic E-state index is 13.3. The molecule has 1 unspecified atom stereocenters. The molecule has 6 heteroatoms. The number of amides is 1. The Labute approximate surface area is 196 Å². The van der Waals surface area contributed by atoms with Gasteiger partial charge in [0.1, 0.15) is 0 Å². The fourth-order valence-corrected chi connectivity index (χ4v) is 5.22. The van der Waals surface area contributed by atoms with Crippen LogP contribution in [0.3, 0.4) is 0 Å². The fraction of sp³-hybridized carbons (Fsp3) is 0.222. The average Bonchev–Trinajstić information content (AvgIpc) is 2.84. The Morgan fingerprint density at radius 2 is 1.82 bits per heavy atom. The molecule has 1 atom stereocenters. The number of rotatable bonds is 5. The third kappa shape index (κ3) is 4.44. The number of benzene rings is 3. The number of carbonyl (C=O) groups is 1. The van der Waals surface area contributed by atoms with Crippen LogP contribution in [0.5, 0.6) is 0 Å². The molecule has 33 heavy (non-hydrogen) atoms. The summed E-state index contributed by atoms with van der Waals surface area (Å²) in [4.78, 5) is 31.0. The molecule has 1 N–H and O–H groups in total. The van der Waals surface area contributed by atoms with Crippen molar-refractivity contribution in [2.45, 2.75) is 37.4 Å². The number of nitrogens with zero attached hydrogens (tertiary/aromatic N) is 2. The number of hydrogen-bond acceptors (Lipinski definition) is 4. The molecule has 1 heterocycles. The summed E-state index contributed by atoms with van der Waals surface area (Å²) in [6.07, 6.45) is 3.06. The minimum Gasteiger partial charge on any atom is -0.349 e. The lowest BCUT2D eigenvalue weighted by Crippen LogP contribution is -2.32. The predicted molar refractivity (Wildman–Crippen MR) is 133 cm³/mol. The van der Waals surface area contributed by atoms with Gasteiger partial charge in [-0.3, -0.25) is 14.2 Å². The van der Waals surface area contributed by atoms with Gasteiger partial charge in [0.2, 0.25) is 5.91 Å². The molecule has 5 nitrogen and oxygen atoms in total. The number of fused-ring (bicyclic) bond motifs is 2. The lowest BCUT2D eigenvalue weighted by molar-refractivity contribution is -0.119. The Morgan fingerprint density at radius 1 is 1.06 bits per heavy atom. The van der Waals surface area contributed by atoms with Gasteiger partial charge in [0.25, 0.3) is 5.56 Å². The van der Waals surface area contributed by atoms with Crippen LogP contribution in [-0.2, 0) is 11.2 Å². The van der Waals surface area contributed by atoms with Crippen molar-refractivity contribution in [2.24, 2.45) is 0 Å². The molecular weight excluding hydrogens is 430 g/mol. The molecule has 166 valence electrons. The van der Waals surface area contributed by atoms with E-state index in [9.17, 15) is 9.59 Å². The van der Waals surface area contributed by atoms with Crippen molar-refractivity contribution in [3.63, 3.8) is 0 Å². The van der Waals surface area contributed by atoms with Crippen LogP contribution in [0.4, 0.5) is 0 Å². The predicted octanol–water partition coefficient (Wildman–Crippen LogP) is 4.98. The number of aromatic nitrogens is 2. The smallest absolute Gasteiger partial charge is 0.266 e. The Bertz CT molecular complexity index is 1380. The van der Waals surface area contributed by atoms with Crippen molar-refractivity contribution in [2.75, 3.05) is 5.75 Å². The third-order valence-electron chi connectivity index (χ3n) is 6.07. The number of thioether (sulfide) groups is 1. The van der Waals surface area contributed by atoms with Gasteiger partial charge >= 0.3 is 0 Å². The van der Waals surface area contributed by atoms with Crippen LogP contribution in [-0.4, -0.2) is 21.2 Å². The minimum atomic E-state index is -0.131. The van der Waals surface area contributed by atoms with Crippen molar-refractivity contribution >= 4 is 28.6 Å². The summed E-state index contributed by atoms with van der Waals surface area (Å²) in [7, 11) is 0. The van der Waals surface area contributed by atoms with E-state index in [1.807, 2.05) is 55.5 Å². The van der Waals surface area contributed by atoms with Crippen LogP contribution in [0.25, 0.3) is 16.6 Å². The summed E-state index contributed by atoms with van der Waals surface area (Å²) in [6.45, 7) is 2.01. The minimum absolute atomic E-state index is 0.0342. The second-order valence-electron chi connectivity index (χ2n) is 8.39. The van der Waals surface area contributed by atoms with Crippen molar-refractivity contribution in [3.05, 3.63) is 99.8 Å². The highest BCUT2D eigenvalue weighted by Gasteiger charge is 2.22. The summed E-state index contributed by atoms with van der Waals surface area (Å²) in [5.41, 5.74) is 4.88. The lowest BCUT2D eigenvalue weighted by atomic mass is 9.88. The van der Waals surface area contributed by atoms with Crippen molar-refractivity contribution in [3.8, 4) is 5.69 Å². The number of hydrogen-bond donors (Lipinski definition) is 1. The van der Waals surface area contributed by atoms with Crippen LogP contribution in [0.1, 0.15) is 35.6 Å². The zero-order valence-corrected chi connectivity index (χ0v) is 19.3. The summed E-state index contributed by atoms with van der Waals surface area (Å²) >= 11 is 1.29. The van der Waals surface area contributed by atoms with Gasteiger partial charge in [0, 0.05) is 0 Å². The third-order valence-corrected chi connectivity index (χ3v) is 7.01. The quantitative estimate of drug-likeness (QED) is 0.341. The molecule has 0 radical (unpaired) electrons. The summed E-state index contributed by atoms with van der Waals surface area (Å²) < 4.78 is 1.61. The first-order valence-corrected chi connectivity index (χ1v) is 12.2. The molecule has 5 rings (SSSR count). The fourth-order valence-electron chi connectivity index (χ4n) is 4.40. The van der Waals surface area contributed by atoms with Crippen LogP contribution in [0.15, 0.2) is 82.7 Å². The van der Waals surface area contributed by atoms with Crippen LogP contribution >= 0.6 is 11.8 Å². The second kappa shape index (κ2) is 9.24. The van der Waals surface area contributed by atoms with E-state index in [-0.39, 0.29) is 23.3 Å². The van der Waals surface area contributed by atoms with E-state index < -0.39 is 0 Å². The Balaban J connectivity index is 1.42. The van der Waals surface area contributed by atoms with Gasteiger partial charge < -0.3 is 5.32 Å². The average molecular weight is 456 g/mol. The maximum Gasteiger partial charge on any atom is 0.266 e. The number of aryl methyl sites for hydroxylation is 2. The summed E-state index contributed by atoms with van der Waals surface area (Å²) in [5.74, 6) is 0.134. The maximum atomic E-state index is 13.3. The van der Waals surface area contributed by atoms with Gasteiger partial charge in [0.15, 0.2) is 5.16 Å². The van der Waals surface area contributed by atoms with E-state index in [0.717, 1.165) is 30.5 Å². The molecule has 0 fully saturated rings. The van der Waals surface area contributed by atoms with Crippen LogP contribution in [0.2, 0.25) is 0 Å². The van der Waals surface area contributed by atoms with Crippen LogP contribution < -0.4 is 10.9 Å². The molecule has 1 aliphatic carbocycles. The zero-order valence-electron chi connectivity index (χ0n) is 18.5. The molecule has 1 aliphatic rings. The Kier molecular flexibility index (Phi) is 6.01. The first-order valence-electron chi connectivity index (χ1n) is 11.2.